The van der Waals surface area contributed by atoms with Gasteiger partial charge in [-0.2, -0.15) is 15.1 Å². The van der Waals surface area contributed by atoms with Gasteiger partial charge in [0.1, 0.15) is 5.75 Å². The second-order valence-electron chi connectivity index (χ2n) is 8.78. The smallest absolute Gasteiger partial charge is 0.229 e. The number of aromatic hydroxyl groups is 1. The molecule has 0 unspecified atom stereocenters. The van der Waals surface area contributed by atoms with E-state index in [2.05, 4.69) is 20.9 Å². The first-order valence-electron chi connectivity index (χ1n) is 11.4. The highest BCUT2D eigenvalue weighted by atomic mass is 16.3. The van der Waals surface area contributed by atoms with Crippen molar-refractivity contribution in [2.45, 2.75) is 25.0 Å². The average Bonchev–Trinajstić information content (AvgIpc) is 3.49. The Bertz CT molecular complexity index is 1570. The van der Waals surface area contributed by atoms with Gasteiger partial charge in [0.25, 0.3) is 0 Å². The van der Waals surface area contributed by atoms with Crippen molar-refractivity contribution in [2.75, 3.05) is 18.0 Å². The maximum absolute atomic E-state index is 11.3. The highest BCUT2D eigenvalue weighted by Gasteiger charge is 2.35. The fourth-order valence-electron chi connectivity index (χ4n) is 4.70. The molecule has 9 nitrogen and oxygen atoms in total. The SMILES string of the molecule is C#CCn1cnc2c(-n3ncc4ccccc43)nc(N3CCC(O)(c4ccc(O)cc4)CC3)nc21. The fourth-order valence-corrected chi connectivity index (χ4v) is 4.70. The molecule has 0 saturated carbocycles. The van der Waals surface area contributed by atoms with Crippen molar-refractivity contribution >= 4 is 28.0 Å². The summed E-state index contributed by atoms with van der Waals surface area (Å²) in [6.45, 7) is 1.46. The van der Waals surface area contributed by atoms with Crippen molar-refractivity contribution < 1.29 is 10.2 Å². The normalized spacial score (nSPS) is 15.5. The lowest BCUT2D eigenvalue weighted by atomic mass is 9.84. The summed E-state index contributed by atoms with van der Waals surface area (Å²) in [7, 11) is 0. The van der Waals surface area contributed by atoms with E-state index in [1.807, 2.05) is 28.8 Å². The minimum Gasteiger partial charge on any atom is -0.508 e. The Morgan fingerprint density at radius 1 is 1.03 bits per heavy atom. The van der Waals surface area contributed by atoms with Gasteiger partial charge in [-0.25, -0.2) is 9.67 Å². The Kier molecular flexibility index (Phi) is 4.90. The van der Waals surface area contributed by atoms with Crippen LogP contribution in [-0.4, -0.2) is 52.6 Å². The highest BCUT2D eigenvalue weighted by Crippen LogP contribution is 2.35. The van der Waals surface area contributed by atoms with Crippen molar-refractivity contribution in [3.8, 4) is 23.9 Å². The van der Waals surface area contributed by atoms with Gasteiger partial charge >= 0.3 is 0 Å². The number of benzene rings is 2. The molecular formula is C26H23N7O2. The molecule has 9 heteroatoms. The third-order valence-electron chi connectivity index (χ3n) is 6.65. The summed E-state index contributed by atoms with van der Waals surface area (Å²) in [5, 5.41) is 26.5. The molecule has 6 rings (SSSR count). The van der Waals surface area contributed by atoms with E-state index < -0.39 is 5.60 Å². The van der Waals surface area contributed by atoms with E-state index in [4.69, 9.17) is 16.4 Å². The van der Waals surface area contributed by atoms with Gasteiger partial charge in [-0.1, -0.05) is 36.3 Å². The first-order valence-corrected chi connectivity index (χ1v) is 11.4. The Balaban J connectivity index is 1.40. The van der Waals surface area contributed by atoms with E-state index in [9.17, 15) is 10.2 Å². The van der Waals surface area contributed by atoms with Gasteiger partial charge in [0, 0.05) is 18.5 Å². The van der Waals surface area contributed by atoms with Gasteiger partial charge in [0.15, 0.2) is 17.0 Å². The zero-order chi connectivity index (χ0) is 24.0. The van der Waals surface area contributed by atoms with Crippen LogP contribution in [-0.2, 0) is 12.1 Å². The summed E-state index contributed by atoms with van der Waals surface area (Å²) in [6.07, 6.45) is 10.1. The molecular weight excluding hydrogens is 442 g/mol. The molecule has 0 spiro atoms. The summed E-state index contributed by atoms with van der Waals surface area (Å²) >= 11 is 0. The summed E-state index contributed by atoms with van der Waals surface area (Å²) in [5.41, 5.74) is 2.00. The van der Waals surface area contributed by atoms with Crippen LogP contribution in [0.4, 0.5) is 5.95 Å². The van der Waals surface area contributed by atoms with Crippen LogP contribution in [0.1, 0.15) is 18.4 Å². The number of aromatic nitrogens is 6. The van der Waals surface area contributed by atoms with Crippen molar-refractivity contribution in [3.05, 3.63) is 66.6 Å². The quantitative estimate of drug-likeness (QED) is 0.393. The number of para-hydroxylation sites is 1. The second-order valence-corrected chi connectivity index (χ2v) is 8.78. The number of phenols is 1. The predicted molar refractivity (Wildman–Crippen MR) is 132 cm³/mol. The van der Waals surface area contributed by atoms with E-state index in [0.29, 0.717) is 55.4 Å². The molecule has 0 atom stereocenters. The molecule has 174 valence electrons. The van der Waals surface area contributed by atoms with Crippen LogP contribution in [0.15, 0.2) is 61.1 Å². The van der Waals surface area contributed by atoms with Crippen molar-refractivity contribution in [1.82, 2.24) is 29.3 Å². The number of nitrogens with zero attached hydrogens (tertiary/aromatic N) is 7. The Morgan fingerprint density at radius 3 is 2.57 bits per heavy atom. The van der Waals surface area contributed by atoms with Crippen LogP contribution < -0.4 is 4.90 Å². The lowest BCUT2D eigenvalue weighted by Gasteiger charge is -2.38. The number of anilines is 1. The molecule has 0 amide bonds. The monoisotopic (exact) mass is 465 g/mol. The molecule has 2 N–H and O–H groups in total. The standard InChI is InChI=1S/C26H23N7O2/c1-2-13-32-17-27-22-23(32)29-25(30-24(22)33-21-6-4-3-5-18(21)16-28-33)31-14-11-26(35,12-15-31)19-7-9-20(34)10-8-19/h1,3-10,16-17,34-35H,11-15H2. The van der Waals surface area contributed by atoms with Gasteiger partial charge in [-0.3, -0.25) is 0 Å². The van der Waals surface area contributed by atoms with E-state index in [1.165, 1.54) is 0 Å². The molecule has 0 bridgehead atoms. The summed E-state index contributed by atoms with van der Waals surface area (Å²) in [5.74, 6) is 3.96. The molecule has 1 saturated heterocycles. The zero-order valence-corrected chi connectivity index (χ0v) is 18.9. The minimum atomic E-state index is -0.972. The lowest BCUT2D eigenvalue weighted by molar-refractivity contribution is 0.0115. The number of hydrogen-bond acceptors (Lipinski definition) is 7. The molecule has 1 aliphatic rings. The Labute approximate surface area is 201 Å². The molecule has 4 heterocycles. The van der Waals surface area contributed by atoms with Gasteiger partial charge < -0.3 is 19.7 Å². The predicted octanol–water partition coefficient (Wildman–Crippen LogP) is 2.99. The maximum atomic E-state index is 11.3. The van der Waals surface area contributed by atoms with Gasteiger partial charge in [0.05, 0.1) is 30.2 Å². The van der Waals surface area contributed by atoms with Crippen LogP contribution in [0.2, 0.25) is 0 Å². The number of phenolic OH excluding ortho intramolecular Hbond substituents is 1. The molecule has 35 heavy (non-hydrogen) atoms. The summed E-state index contributed by atoms with van der Waals surface area (Å²) in [4.78, 5) is 16.3. The third-order valence-corrected chi connectivity index (χ3v) is 6.65. The minimum absolute atomic E-state index is 0.179. The van der Waals surface area contributed by atoms with Crippen LogP contribution in [0.5, 0.6) is 5.75 Å². The topological polar surface area (TPSA) is 105 Å². The molecule has 3 aromatic heterocycles. The molecule has 5 aromatic rings. The van der Waals surface area contributed by atoms with Crippen LogP contribution in [0, 0.1) is 12.3 Å². The fraction of sp³-hybridized carbons (Fsp3) is 0.231. The van der Waals surface area contributed by atoms with Crippen LogP contribution >= 0.6 is 0 Å². The van der Waals surface area contributed by atoms with Gasteiger partial charge in [-0.05, 0) is 36.6 Å². The number of rotatable bonds is 4. The lowest BCUT2D eigenvalue weighted by Crippen LogP contribution is -2.43. The Morgan fingerprint density at radius 2 is 1.80 bits per heavy atom. The van der Waals surface area contributed by atoms with Crippen LogP contribution in [0.3, 0.4) is 0 Å². The molecule has 1 fully saturated rings. The highest BCUT2D eigenvalue weighted by molar-refractivity contribution is 5.85. The first-order chi connectivity index (χ1) is 17.1. The number of hydrogen-bond donors (Lipinski definition) is 2. The number of terminal acetylenes is 1. The number of aliphatic hydroxyl groups is 1. The van der Waals surface area contributed by atoms with Gasteiger partial charge in [0.2, 0.25) is 5.95 Å². The van der Waals surface area contributed by atoms with E-state index >= 15 is 0 Å². The number of fused-ring (bicyclic) bond motifs is 2. The number of imidazole rings is 1. The van der Waals surface area contributed by atoms with Crippen molar-refractivity contribution in [3.63, 3.8) is 0 Å². The van der Waals surface area contributed by atoms with Crippen LogP contribution in [0.25, 0.3) is 27.9 Å². The summed E-state index contributed by atoms with van der Waals surface area (Å²) in [6, 6.07) is 14.7. The van der Waals surface area contributed by atoms with E-state index in [-0.39, 0.29) is 5.75 Å². The zero-order valence-electron chi connectivity index (χ0n) is 18.9. The molecule has 0 radical (unpaired) electrons. The largest absolute Gasteiger partial charge is 0.508 e. The van der Waals surface area contributed by atoms with Gasteiger partial charge in [-0.15, -0.1) is 6.42 Å². The Hall–Kier alpha value is -4.42. The van der Waals surface area contributed by atoms with E-state index in [0.717, 1.165) is 16.5 Å². The van der Waals surface area contributed by atoms with Crippen molar-refractivity contribution in [1.29, 1.82) is 0 Å². The number of piperidine rings is 1. The first kappa shape index (κ1) is 21.1. The molecule has 0 aliphatic carbocycles. The van der Waals surface area contributed by atoms with Crippen molar-refractivity contribution in [2.24, 2.45) is 0 Å². The second kappa shape index (κ2) is 8.11. The molecule has 1 aliphatic heterocycles. The third kappa shape index (κ3) is 3.55. The average molecular weight is 466 g/mol. The maximum Gasteiger partial charge on any atom is 0.229 e. The summed E-state index contributed by atoms with van der Waals surface area (Å²) < 4.78 is 3.61. The molecule has 2 aromatic carbocycles. The van der Waals surface area contributed by atoms with E-state index in [1.54, 1.807) is 41.5 Å².